The van der Waals surface area contributed by atoms with Crippen LogP contribution in [-0.4, -0.2) is 75.9 Å². The number of likely N-dealkylation sites (N-methyl/N-ethyl adjacent to an activating group) is 1. The lowest BCUT2D eigenvalue weighted by Gasteiger charge is -2.22. The fourth-order valence-corrected chi connectivity index (χ4v) is 6.00. The van der Waals surface area contributed by atoms with E-state index >= 15 is 0 Å². The molecule has 0 unspecified atom stereocenters. The first-order valence-electron chi connectivity index (χ1n) is 11.5. The van der Waals surface area contributed by atoms with Crippen LogP contribution in [0.1, 0.15) is 23.2 Å². The molecule has 194 valence electrons. The molecule has 0 N–H and O–H groups in total. The molecule has 10 nitrogen and oxygen atoms in total. The van der Waals surface area contributed by atoms with Gasteiger partial charge in [0.1, 0.15) is 11.3 Å². The van der Waals surface area contributed by atoms with E-state index < -0.39 is 10.0 Å². The SMILES string of the molecule is COc1cccc2sc(N(CCN(C)C)C(=O)c3ccc(S(=O)(=O)N(CCC#N)CCC#N)cc3)nc12. The molecule has 0 radical (unpaired) electrons. The summed E-state index contributed by atoms with van der Waals surface area (Å²) in [5.74, 6) is 0.307. The van der Waals surface area contributed by atoms with Crippen molar-refractivity contribution in [1.29, 1.82) is 10.5 Å². The monoisotopic (exact) mass is 540 g/mol. The van der Waals surface area contributed by atoms with Gasteiger partial charge in [-0.3, -0.25) is 9.69 Å². The summed E-state index contributed by atoms with van der Waals surface area (Å²) in [6.07, 6.45) is 0.0179. The Balaban J connectivity index is 1.92. The maximum atomic E-state index is 13.6. The molecule has 0 spiro atoms. The molecule has 0 aliphatic rings. The summed E-state index contributed by atoms with van der Waals surface area (Å²) >= 11 is 1.38. The van der Waals surface area contributed by atoms with Gasteiger partial charge in [-0.25, -0.2) is 13.4 Å². The maximum absolute atomic E-state index is 13.6. The van der Waals surface area contributed by atoms with Gasteiger partial charge in [0, 0.05) is 44.6 Å². The van der Waals surface area contributed by atoms with Gasteiger partial charge < -0.3 is 9.64 Å². The number of carbonyl (C=O) groups is 1. The number of benzene rings is 2. The summed E-state index contributed by atoms with van der Waals surface area (Å²) in [6, 6.07) is 15.1. The topological polar surface area (TPSA) is 131 Å². The number of rotatable bonds is 12. The van der Waals surface area contributed by atoms with E-state index in [9.17, 15) is 13.2 Å². The van der Waals surface area contributed by atoms with E-state index in [-0.39, 0.29) is 36.7 Å². The third-order valence-electron chi connectivity index (χ3n) is 5.52. The quantitative estimate of drug-likeness (QED) is 0.342. The van der Waals surface area contributed by atoms with Crippen LogP contribution in [-0.2, 0) is 10.0 Å². The zero-order chi connectivity index (χ0) is 27.0. The van der Waals surface area contributed by atoms with Crippen molar-refractivity contribution in [2.45, 2.75) is 17.7 Å². The van der Waals surface area contributed by atoms with E-state index in [4.69, 9.17) is 15.3 Å². The third kappa shape index (κ3) is 6.61. The lowest BCUT2D eigenvalue weighted by molar-refractivity contribution is 0.0985. The molecule has 3 aromatic rings. The number of hydrogen-bond donors (Lipinski definition) is 0. The Kier molecular flexibility index (Phi) is 9.55. The smallest absolute Gasteiger partial charge is 0.260 e. The number of sulfonamides is 1. The summed E-state index contributed by atoms with van der Waals surface area (Å²) in [5, 5.41) is 18.3. The van der Waals surface area contributed by atoms with Crippen LogP contribution in [0.2, 0.25) is 0 Å². The number of amides is 1. The fourth-order valence-electron chi connectivity index (χ4n) is 3.55. The van der Waals surface area contributed by atoms with Gasteiger partial charge in [-0.2, -0.15) is 14.8 Å². The van der Waals surface area contributed by atoms with Crippen LogP contribution in [0.4, 0.5) is 5.13 Å². The third-order valence-corrected chi connectivity index (χ3v) is 8.48. The van der Waals surface area contributed by atoms with E-state index in [1.165, 1.54) is 35.6 Å². The molecular weight excluding hydrogens is 512 g/mol. The zero-order valence-corrected chi connectivity index (χ0v) is 22.5. The number of para-hydroxylation sites is 1. The summed E-state index contributed by atoms with van der Waals surface area (Å²) < 4.78 is 33.6. The van der Waals surface area contributed by atoms with Crippen LogP contribution >= 0.6 is 11.3 Å². The van der Waals surface area contributed by atoms with Crippen molar-refractivity contribution in [2.24, 2.45) is 0 Å². The predicted octanol–water partition coefficient (Wildman–Crippen LogP) is 3.33. The summed E-state index contributed by atoms with van der Waals surface area (Å²) in [6.45, 7) is 0.948. The molecule has 0 aliphatic carbocycles. The molecule has 3 rings (SSSR count). The average molecular weight is 541 g/mol. The standard InChI is InChI=1S/C25H28N6O4S2/c1-29(2)17-18-31(25-28-23-21(35-3)7-4-8-22(23)36-25)24(32)19-9-11-20(12-10-19)37(33,34)30(15-5-13-26)16-6-14-27/h4,7-12H,5-6,15-18H2,1-3H3. The number of hydrogen-bond acceptors (Lipinski definition) is 9. The molecule has 0 saturated carbocycles. The number of anilines is 1. The Hall–Kier alpha value is -3.55. The highest BCUT2D eigenvalue weighted by Crippen LogP contribution is 2.34. The number of ether oxygens (including phenoxy) is 1. The number of methoxy groups -OCH3 is 1. The molecule has 1 aromatic heterocycles. The van der Waals surface area contributed by atoms with Crippen LogP contribution in [0.15, 0.2) is 47.4 Å². The van der Waals surface area contributed by atoms with E-state index in [1.54, 1.807) is 12.0 Å². The van der Waals surface area contributed by atoms with E-state index in [0.29, 0.717) is 35.1 Å². The molecule has 1 amide bonds. The van der Waals surface area contributed by atoms with Crippen molar-refractivity contribution < 1.29 is 17.9 Å². The van der Waals surface area contributed by atoms with Crippen molar-refractivity contribution in [3.63, 3.8) is 0 Å². The highest BCUT2D eigenvalue weighted by Gasteiger charge is 2.26. The first kappa shape index (κ1) is 28.0. The Morgan fingerprint density at radius 1 is 1.00 bits per heavy atom. The Labute approximate surface area is 221 Å². The summed E-state index contributed by atoms with van der Waals surface area (Å²) in [4.78, 5) is 21.8. The van der Waals surface area contributed by atoms with Gasteiger partial charge in [0.2, 0.25) is 10.0 Å². The minimum atomic E-state index is -3.93. The maximum Gasteiger partial charge on any atom is 0.260 e. The largest absolute Gasteiger partial charge is 0.494 e. The van der Waals surface area contributed by atoms with Gasteiger partial charge in [-0.1, -0.05) is 17.4 Å². The number of nitrogens with zero attached hydrogens (tertiary/aromatic N) is 6. The van der Waals surface area contributed by atoms with Crippen LogP contribution in [0, 0.1) is 22.7 Å². The molecule has 0 atom stereocenters. The first-order valence-corrected chi connectivity index (χ1v) is 13.7. The summed E-state index contributed by atoms with van der Waals surface area (Å²) in [7, 11) is 1.46. The fraction of sp³-hybridized carbons (Fsp3) is 0.360. The highest BCUT2D eigenvalue weighted by atomic mass is 32.2. The van der Waals surface area contributed by atoms with Gasteiger partial charge in [0.05, 0.1) is 28.8 Å². The van der Waals surface area contributed by atoms with Gasteiger partial charge in [0.15, 0.2) is 5.13 Å². The number of fused-ring (bicyclic) bond motifs is 1. The molecule has 0 saturated heterocycles. The van der Waals surface area contributed by atoms with E-state index in [2.05, 4.69) is 4.98 Å². The Morgan fingerprint density at radius 2 is 1.65 bits per heavy atom. The number of thiazole rings is 1. The first-order chi connectivity index (χ1) is 17.7. The molecule has 1 heterocycles. The number of carbonyl (C=O) groups excluding carboxylic acids is 1. The lowest BCUT2D eigenvalue weighted by atomic mass is 10.2. The van der Waals surface area contributed by atoms with Crippen LogP contribution in [0.25, 0.3) is 10.2 Å². The molecule has 0 aliphatic heterocycles. The van der Waals surface area contributed by atoms with Gasteiger partial charge in [-0.05, 0) is 50.5 Å². The Morgan fingerprint density at radius 3 is 2.22 bits per heavy atom. The minimum absolute atomic E-state index is 0.00894. The summed E-state index contributed by atoms with van der Waals surface area (Å²) in [5.41, 5.74) is 0.980. The van der Waals surface area contributed by atoms with Crippen molar-refractivity contribution >= 4 is 42.6 Å². The van der Waals surface area contributed by atoms with Crippen LogP contribution in [0.5, 0.6) is 5.75 Å². The van der Waals surface area contributed by atoms with E-state index in [1.807, 2.05) is 49.3 Å². The highest BCUT2D eigenvalue weighted by molar-refractivity contribution is 7.89. The molecular formula is C25H28N6O4S2. The normalized spacial score (nSPS) is 11.4. The van der Waals surface area contributed by atoms with Gasteiger partial charge in [-0.15, -0.1) is 0 Å². The average Bonchev–Trinajstić information content (AvgIpc) is 3.32. The molecule has 0 bridgehead atoms. The number of aromatic nitrogens is 1. The molecule has 2 aromatic carbocycles. The second-order valence-electron chi connectivity index (χ2n) is 8.31. The predicted molar refractivity (Wildman–Crippen MR) is 142 cm³/mol. The second kappa shape index (κ2) is 12.6. The van der Waals surface area contributed by atoms with Gasteiger partial charge in [0.25, 0.3) is 5.91 Å². The van der Waals surface area contributed by atoms with Crippen molar-refractivity contribution in [1.82, 2.24) is 14.2 Å². The van der Waals surface area contributed by atoms with E-state index in [0.717, 1.165) is 9.01 Å². The molecule has 0 fully saturated rings. The minimum Gasteiger partial charge on any atom is -0.494 e. The van der Waals surface area contributed by atoms with Crippen molar-refractivity contribution in [2.75, 3.05) is 52.3 Å². The van der Waals surface area contributed by atoms with Gasteiger partial charge >= 0.3 is 0 Å². The van der Waals surface area contributed by atoms with Crippen LogP contribution < -0.4 is 9.64 Å². The van der Waals surface area contributed by atoms with Crippen molar-refractivity contribution in [3.8, 4) is 17.9 Å². The Bertz CT molecular complexity index is 1400. The zero-order valence-electron chi connectivity index (χ0n) is 20.9. The lowest BCUT2D eigenvalue weighted by Crippen LogP contribution is -2.37. The second-order valence-corrected chi connectivity index (χ2v) is 11.3. The van der Waals surface area contributed by atoms with Crippen molar-refractivity contribution in [3.05, 3.63) is 48.0 Å². The molecule has 12 heteroatoms. The number of nitriles is 2. The molecule has 37 heavy (non-hydrogen) atoms. The van der Waals surface area contributed by atoms with Crippen LogP contribution in [0.3, 0.4) is 0 Å².